The highest BCUT2D eigenvalue weighted by Gasteiger charge is 2.43. The standard InChI is InChI=1S/C18H26ClNO2S.ClH/c1-3-20(4-2)13-14-22-17(21)18(11-5-6-12-18)23-16-9-7-15(19)8-10-16;/h7-10H,3-6,11-14H2,1-2H3;1H. The highest BCUT2D eigenvalue weighted by atomic mass is 35.5. The molecule has 1 aliphatic carbocycles. The van der Waals surface area contributed by atoms with Crippen LogP contribution in [0.3, 0.4) is 0 Å². The number of hydrogen-bond donors (Lipinski definition) is 0. The fourth-order valence-electron chi connectivity index (χ4n) is 2.96. The molecule has 0 aliphatic heterocycles. The average Bonchev–Trinajstić information content (AvgIpc) is 3.03. The minimum absolute atomic E-state index is 0. The van der Waals surface area contributed by atoms with Crippen molar-refractivity contribution >= 4 is 41.7 Å². The third kappa shape index (κ3) is 5.83. The molecule has 0 radical (unpaired) electrons. The summed E-state index contributed by atoms with van der Waals surface area (Å²) in [5.41, 5.74) is 0. The summed E-state index contributed by atoms with van der Waals surface area (Å²) >= 11 is 7.58. The van der Waals surface area contributed by atoms with Crippen LogP contribution in [0.5, 0.6) is 0 Å². The third-order valence-corrected chi connectivity index (χ3v) is 6.17. The van der Waals surface area contributed by atoms with Crippen molar-refractivity contribution in [2.24, 2.45) is 0 Å². The van der Waals surface area contributed by atoms with E-state index in [2.05, 4.69) is 18.7 Å². The molecule has 2 rings (SSSR count). The minimum atomic E-state index is -0.420. The lowest BCUT2D eigenvalue weighted by Crippen LogP contribution is -2.36. The largest absolute Gasteiger partial charge is 0.463 e. The van der Waals surface area contributed by atoms with Gasteiger partial charge < -0.3 is 9.64 Å². The van der Waals surface area contributed by atoms with Gasteiger partial charge in [0, 0.05) is 16.5 Å². The van der Waals surface area contributed by atoms with E-state index in [4.69, 9.17) is 16.3 Å². The Bertz CT molecular complexity index is 500. The maximum absolute atomic E-state index is 12.7. The van der Waals surface area contributed by atoms with Crippen LogP contribution in [0.25, 0.3) is 0 Å². The molecule has 0 saturated heterocycles. The van der Waals surface area contributed by atoms with Gasteiger partial charge in [0.1, 0.15) is 11.4 Å². The van der Waals surface area contributed by atoms with Crippen molar-refractivity contribution in [3.63, 3.8) is 0 Å². The van der Waals surface area contributed by atoms with Gasteiger partial charge in [-0.1, -0.05) is 38.3 Å². The van der Waals surface area contributed by atoms with E-state index < -0.39 is 4.75 Å². The van der Waals surface area contributed by atoms with Crippen LogP contribution in [0.2, 0.25) is 5.02 Å². The number of halogens is 2. The lowest BCUT2D eigenvalue weighted by molar-refractivity contribution is -0.146. The van der Waals surface area contributed by atoms with E-state index in [0.29, 0.717) is 6.61 Å². The molecule has 0 amide bonds. The summed E-state index contributed by atoms with van der Waals surface area (Å²) in [6.45, 7) is 7.50. The Balaban J connectivity index is 0.00000288. The molecule has 0 aromatic heterocycles. The molecular formula is C18H27Cl2NO2S. The summed E-state index contributed by atoms with van der Waals surface area (Å²) in [5, 5.41) is 0.719. The Morgan fingerprint density at radius 2 is 1.79 bits per heavy atom. The lowest BCUT2D eigenvalue weighted by Gasteiger charge is -2.27. The first-order valence-corrected chi connectivity index (χ1v) is 9.63. The van der Waals surface area contributed by atoms with Crippen molar-refractivity contribution in [1.29, 1.82) is 0 Å². The highest BCUT2D eigenvalue weighted by molar-refractivity contribution is 8.01. The number of carbonyl (C=O) groups excluding carboxylic acids is 1. The second-order valence-electron chi connectivity index (χ2n) is 5.92. The summed E-state index contributed by atoms with van der Waals surface area (Å²) in [6.07, 6.45) is 3.96. The number of likely N-dealkylation sites (N-methyl/N-ethyl adjacent to an activating group) is 1. The molecule has 136 valence electrons. The Labute approximate surface area is 160 Å². The number of esters is 1. The first-order valence-electron chi connectivity index (χ1n) is 8.44. The molecule has 1 saturated carbocycles. The molecule has 1 aliphatic rings. The van der Waals surface area contributed by atoms with E-state index in [-0.39, 0.29) is 18.4 Å². The topological polar surface area (TPSA) is 29.5 Å². The second kappa shape index (κ2) is 10.5. The van der Waals surface area contributed by atoms with Gasteiger partial charge in [-0.3, -0.25) is 4.79 Å². The van der Waals surface area contributed by atoms with Gasteiger partial charge in [-0.25, -0.2) is 0 Å². The maximum atomic E-state index is 12.7. The summed E-state index contributed by atoms with van der Waals surface area (Å²) < 4.78 is 5.21. The fraction of sp³-hybridized carbons (Fsp3) is 0.611. The summed E-state index contributed by atoms with van der Waals surface area (Å²) in [7, 11) is 0. The Morgan fingerprint density at radius 3 is 2.33 bits per heavy atom. The van der Waals surface area contributed by atoms with Gasteiger partial charge >= 0.3 is 5.97 Å². The lowest BCUT2D eigenvalue weighted by atomic mass is 10.1. The summed E-state index contributed by atoms with van der Waals surface area (Å²) in [6, 6.07) is 7.71. The van der Waals surface area contributed by atoms with Crippen LogP contribution >= 0.6 is 35.8 Å². The molecule has 6 heteroatoms. The number of ether oxygens (including phenoxy) is 1. The van der Waals surface area contributed by atoms with Crippen molar-refractivity contribution in [3.8, 4) is 0 Å². The average molecular weight is 392 g/mol. The molecule has 0 heterocycles. The van der Waals surface area contributed by atoms with E-state index in [9.17, 15) is 4.79 Å². The molecule has 0 N–H and O–H groups in total. The monoisotopic (exact) mass is 391 g/mol. The zero-order valence-electron chi connectivity index (χ0n) is 14.4. The summed E-state index contributed by atoms with van der Waals surface area (Å²) in [5.74, 6) is -0.0536. The number of rotatable bonds is 8. The normalized spacial score (nSPS) is 16.0. The van der Waals surface area contributed by atoms with Gasteiger partial charge in [0.2, 0.25) is 0 Å². The van der Waals surface area contributed by atoms with Crippen molar-refractivity contribution < 1.29 is 9.53 Å². The van der Waals surface area contributed by atoms with Crippen LogP contribution in [0.1, 0.15) is 39.5 Å². The zero-order chi connectivity index (χ0) is 16.7. The molecule has 0 bridgehead atoms. The SMILES string of the molecule is CCN(CC)CCOC(=O)C1(Sc2ccc(Cl)cc2)CCCC1.Cl. The molecule has 0 spiro atoms. The molecule has 1 fully saturated rings. The van der Waals surface area contributed by atoms with E-state index in [1.54, 1.807) is 11.8 Å². The van der Waals surface area contributed by atoms with E-state index in [0.717, 1.165) is 55.2 Å². The van der Waals surface area contributed by atoms with E-state index in [1.165, 1.54) is 0 Å². The number of nitrogens with zero attached hydrogens (tertiary/aromatic N) is 1. The highest BCUT2D eigenvalue weighted by Crippen LogP contribution is 2.46. The molecular weight excluding hydrogens is 365 g/mol. The van der Waals surface area contributed by atoms with Gasteiger partial charge in [0.25, 0.3) is 0 Å². The van der Waals surface area contributed by atoms with Crippen LogP contribution in [0.15, 0.2) is 29.2 Å². The van der Waals surface area contributed by atoms with Crippen molar-refractivity contribution in [1.82, 2.24) is 4.90 Å². The number of benzene rings is 1. The van der Waals surface area contributed by atoms with Crippen molar-refractivity contribution in [2.45, 2.75) is 49.2 Å². The quantitative estimate of drug-likeness (QED) is 0.579. The second-order valence-corrected chi connectivity index (χ2v) is 7.81. The molecule has 0 unspecified atom stereocenters. The van der Waals surface area contributed by atoms with Crippen molar-refractivity contribution in [2.75, 3.05) is 26.2 Å². The predicted molar refractivity (Wildman–Crippen MR) is 105 cm³/mol. The van der Waals surface area contributed by atoms with Gasteiger partial charge in [-0.2, -0.15) is 0 Å². The Morgan fingerprint density at radius 1 is 1.21 bits per heavy atom. The van der Waals surface area contributed by atoms with Gasteiger partial charge in [0.15, 0.2) is 0 Å². The smallest absolute Gasteiger partial charge is 0.322 e. The predicted octanol–water partition coefficient (Wildman–Crippen LogP) is 5.05. The van der Waals surface area contributed by atoms with Crippen molar-refractivity contribution in [3.05, 3.63) is 29.3 Å². The minimum Gasteiger partial charge on any atom is -0.463 e. The Kier molecular flexibility index (Phi) is 9.50. The fourth-order valence-corrected chi connectivity index (χ4v) is 4.45. The van der Waals surface area contributed by atoms with Gasteiger partial charge in [-0.15, -0.1) is 24.2 Å². The number of thioether (sulfide) groups is 1. The molecule has 0 atom stereocenters. The third-order valence-electron chi connectivity index (χ3n) is 4.45. The number of carbonyl (C=O) groups is 1. The van der Waals surface area contributed by atoms with Crippen LogP contribution < -0.4 is 0 Å². The number of hydrogen-bond acceptors (Lipinski definition) is 4. The summed E-state index contributed by atoms with van der Waals surface area (Å²) in [4.78, 5) is 16.1. The zero-order valence-corrected chi connectivity index (χ0v) is 16.8. The van der Waals surface area contributed by atoms with Crippen LogP contribution in [0, 0.1) is 0 Å². The van der Waals surface area contributed by atoms with Crippen LogP contribution in [-0.2, 0) is 9.53 Å². The van der Waals surface area contributed by atoms with E-state index >= 15 is 0 Å². The molecule has 24 heavy (non-hydrogen) atoms. The first kappa shape index (κ1) is 21.6. The first-order chi connectivity index (χ1) is 11.1. The van der Waals surface area contributed by atoms with Crippen LogP contribution in [-0.4, -0.2) is 41.9 Å². The molecule has 1 aromatic rings. The van der Waals surface area contributed by atoms with Gasteiger partial charge in [-0.05, 0) is 50.2 Å². The molecule has 3 nitrogen and oxygen atoms in total. The Hall–Kier alpha value is -0.420. The van der Waals surface area contributed by atoms with Gasteiger partial charge in [0.05, 0.1) is 0 Å². The maximum Gasteiger partial charge on any atom is 0.322 e. The van der Waals surface area contributed by atoms with Crippen LogP contribution in [0.4, 0.5) is 0 Å². The molecule has 1 aromatic carbocycles. The van der Waals surface area contributed by atoms with E-state index in [1.807, 2.05) is 24.3 Å².